The molecule has 6 nitrogen and oxygen atoms in total. The summed E-state index contributed by atoms with van der Waals surface area (Å²) < 4.78 is 2.15. The number of benzene rings is 1. The molecule has 1 saturated heterocycles. The highest BCUT2D eigenvalue weighted by atomic mass is 16.2. The molecule has 3 amide bonds. The summed E-state index contributed by atoms with van der Waals surface area (Å²) in [5.74, 6) is -0.221. The third-order valence-electron chi connectivity index (χ3n) is 5.92. The van der Waals surface area contributed by atoms with Crippen LogP contribution in [0.5, 0.6) is 0 Å². The van der Waals surface area contributed by atoms with Crippen LogP contribution in [0.1, 0.15) is 54.6 Å². The highest BCUT2D eigenvalue weighted by molar-refractivity contribution is 6.07. The quantitative estimate of drug-likeness (QED) is 0.648. The monoisotopic (exact) mass is 378 g/mol. The number of hydrogen-bond acceptors (Lipinski definition) is 3. The summed E-state index contributed by atoms with van der Waals surface area (Å²) >= 11 is 0. The molecule has 2 aliphatic rings. The van der Waals surface area contributed by atoms with Gasteiger partial charge in [0.05, 0.1) is 6.21 Å². The molecule has 1 N–H and O–H groups in total. The fourth-order valence-corrected chi connectivity index (χ4v) is 4.33. The van der Waals surface area contributed by atoms with Crippen molar-refractivity contribution in [2.24, 2.45) is 5.10 Å². The van der Waals surface area contributed by atoms with Gasteiger partial charge in [0.2, 0.25) is 0 Å². The van der Waals surface area contributed by atoms with Crippen molar-refractivity contribution in [3.63, 3.8) is 0 Å². The Kier molecular flexibility index (Phi) is 4.57. The van der Waals surface area contributed by atoms with Crippen molar-refractivity contribution in [3.8, 4) is 5.69 Å². The predicted octanol–water partition coefficient (Wildman–Crippen LogP) is 3.99. The van der Waals surface area contributed by atoms with Gasteiger partial charge >= 0.3 is 6.03 Å². The van der Waals surface area contributed by atoms with Gasteiger partial charge < -0.3 is 9.88 Å². The molecule has 0 bridgehead atoms. The van der Waals surface area contributed by atoms with Crippen LogP contribution < -0.4 is 5.32 Å². The largest absolute Gasteiger partial charge is 0.346 e. The van der Waals surface area contributed by atoms with Gasteiger partial charge in [-0.25, -0.2) is 4.79 Å². The van der Waals surface area contributed by atoms with Crippen LogP contribution in [0, 0.1) is 20.8 Å². The molecule has 1 aromatic carbocycles. The van der Waals surface area contributed by atoms with E-state index in [0.717, 1.165) is 46.9 Å². The van der Waals surface area contributed by atoms with Crippen molar-refractivity contribution in [1.82, 2.24) is 14.9 Å². The van der Waals surface area contributed by atoms with E-state index < -0.39 is 11.6 Å². The van der Waals surface area contributed by atoms with Gasteiger partial charge in [-0.15, -0.1) is 5.01 Å². The van der Waals surface area contributed by atoms with Crippen LogP contribution in [-0.2, 0) is 4.79 Å². The fourth-order valence-electron chi connectivity index (χ4n) is 4.33. The second-order valence-corrected chi connectivity index (χ2v) is 7.93. The molecule has 1 spiro atoms. The van der Waals surface area contributed by atoms with Gasteiger partial charge in [0.15, 0.2) is 0 Å². The minimum absolute atomic E-state index is 0.221. The summed E-state index contributed by atoms with van der Waals surface area (Å²) in [4.78, 5) is 25.2. The van der Waals surface area contributed by atoms with Gasteiger partial charge in [-0.1, -0.05) is 37.0 Å². The van der Waals surface area contributed by atoms with Crippen LogP contribution in [0.2, 0.25) is 0 Å². The third kappa shape index (κ3) is 3.03. The number of hydrogen-bond donors (Lipinski definition) is 1. The molecule has 2 aromatic rings. The Morgan fingerprint density at radius 3 is 2.39 bits per heavy atom. The van der Waals surface area contributed by atoms with E-state index in [-0.39, 0.29) is 5.91 Å². The molecule has 1 aromatic heterocycles. The zero-order valence-electron chi connectivity index (χ0n) is 16.7. The molecule has 2 fully saturated rings. The lowest BCUT2D eigenvalue weighted by Crippen LogP contribution is -2.48. The maximum Gasteiger partial charge on any atom is 0.346 e. The third-order valence-corrected chi connectivity index (χ3v) is 5.92. The Balaban J connectivity index is 1.60. The first kappa shape index (κ1) is 18.5. The van der Waals surface area contributed by atoms with Crippen LogP contribution in [0.25, 0.3) is 5.69 Å². The highest BCUT2D eigenvalue weighted by Gasteiger charge is 2.51. The Labute approximate surface area is 165 Å². The number of rotatable bonds is 3. The van der Waals surface area contributed by atoms with E-state index in [0.29, 0.717) is 12.8 Å². The van der Waals surface area contributed by atoms with Crippen LogP contribution in [0.3, 0.4) is 0 Å². The lowest BCUT2D eigenvalue weighted by molar-refractivity contribution is -0.132. The first-order valence-electron chi connectivity index (χ1n) is 9.88. The average molecular weight is 378 g/mol. The van der Waals surface area contributed by atoms with Crippen LogP contribution in [-0.4, -0.2) is 33.3 Å². The van der Waals surface area contributed by atoms with Gasteiger partial charge in [-0.3, -0.25) is 4.79 Å². The van der Waals surface area contributed by atoms with E-state index in [2.05, 4.69) is 46.2 Å². The van der Waals surface area contributed by atoms with Gasteiger partial charge in [0.25, 0.3) is 5.91 Å². The number of nitrogens with zero attached hydrogens (tertiary/aromatic N) is 3. The molecular weight excluding hydrogens is 352 g/mol. The van der Waals surface area contributed by atoms with Gasteiger partial charge in [-0.2, -0.15) is 5.10 Å². The average Bonchev–Trinajstić information content (AvgIpc) is 3.08. The highest BCUT2D eigenvalue weighted by Crippen LogP contribution is 2.33. The minimum atomic E-state index is -0.745. The van der Waals surface area contributed by atoms with Crippen LogP contribution in [0.15, 0.2) is 35.4 Å². The smallest absolute Gasteiger partial charge is 0.321 e. The molecule has 4 rings (SSSR count). The Bertz CT molecular complexity index is 950. The topological polar surface area (TPSA) is 66.7 Å². The summed E-state index contributed by atoms with van der Waals surface area (Å²) in [5.41, 5.74) is 4.53. The maximum absolute atomic E-state index is 12.8. The maximum atomic E-state index is 12.8. The lowest BCUT2D eigenvalue weighted by atomic mass is 9.82. The Morgan fingerprint density at radius 2 is 1.71 bits per heavy atom. The summed E-state index contributed by atoms with van der Waals surface area (Å²) in [6.07, 6.45) is 6.05. The normalized spacial score (nSPS) is 19.0. The second kappa shape index (κ2) is 6.93. The Hall–Kier alpha value is -2.89. The molecule has 1 aliphatic carbocycles. The van der Waals surface area contributed by atoms with Crippen molar-refractivity contribution in [3.05, 3.63) is 52.8 Å². The number of aryl methyl sites for hydroxylation is 2. The van der Waals surface area contributed by atoms with E-state index in [1.807, 2.05) is 19.9 Å². The number of carbonyl (C=O) groups is 2. The van der Waals surface area contributed by atoms with Crippen molar-refractivity contribution >= 4 is 18.2 Å². The van der Waals surface area contributed by atoms with E-state index in [9.17, 15) is 9.59 Å². The molecule has 1 saturated carbocycles. The number of urea groups is 1. The van der Waals surface area contributed by atoms with Gasteiger partial charge in [-0.05, 0) is 51.8 Å². The number of carbonyl (C=O) groups excluding carboxylic acids is 2. The molecule has 2 heterocycles. The van der Waals surface area contributed by atoms with Crippen molar-refractivity contribution < 1.29 is 9.59 Å². The predicted molar refractivity (Wildman–Crippen MR) is 109 cm³/mol. The number of amides is 3. The SMILES string of the molecule is Cc1ccc(-n2c(C)cc(/C=N/N3C(=O)NC4(CCCCC4)C3=O)c2C)cc1. The summed E-state index contributed by atoms with van der Waals surface area (Å²) in [6, 6.07) is 9.93. The molecule has 1 aliphatic heterocycles. The Morgan fingerprint density at radius 1 is 1.04 bits per heavy atom. The number of nitrogens with one attached hydrogen (secondary N) is 1. The zero-order chi connectivity index (χ0) is 19.9. The van der Waals surface area contributed by atoms with E-state index in [1.54, 1.807) is 6.21 Å². The molecule has 0 radical (unpaired) electrons. The van der Waals surface area contributed by atoms with Crippen molar-refractivity contribution in [2.75, 3.05) is 0 Å². The van der Waals surface area contributed by atoms with Crippen molar-refractivity contribution in [2.45, 2.75) is 58.4 Å². The molecule has 0 unspecified atom stereocenters. The van der Waals surface area contributed by atoms with Crippen LogP contribution in [0.4, 0.5) is 4.79 Å². The van der Waals surface area contributed by atoms with Crippen LogP contribution >= 0.6 is 0 Å². The van der Waals surface area contributed by atoms with E-state index in [1.165, 1.54) is 5.56 Å². The summed E-state index contributed by atoms with van der Waals surface area (Å²) in [5, 5.41) is 8.15. The first-order chi connectivity index (χ1) is 13.4. The van der Waals surface area contributed by atoms with Gasteiger partial charge in [0, 0.05) is 22.6 Å². The minimum Gasteiger partial charge on any atom is -0.321 e. The molecule has 28 heavy (non-hydrogen) atoms. The molecule has 146 valence electrons. The fraction of sp³-hybridized carbons (Fsp3) is 0.409. The first-order valence-corrected chi connectivity index (χ1v) is 9.88. The number of aromatic nitrogens is 1. The molecular formula is C22H26N4O2. The van der Waals surface area contributed by atoms with E-state index >= 15 is 0 Å². The summed E-state index contributed by atoms with van der Waals surface area (Å²) in [7, 11) is 0. The molecule has 0 atom stereocenters. The number of imide groups is 1. The van der Waals surface area contributed by atoms with Gasteiger partial charge in [0.1, 0.15) is 5.54 Å². The lowest BCUT2D eigenvalue weighted by Gasteiger charge is -2.29. The second-order valence-electron chi connectivity index (χ2n) is 7.93. The van der Waals surface area contributed by atoms with Crippen molar-refractivity contribution in [1.29, 1.82) is 0 Å². The summed E-state index contributed by atoms with van der Waals surface area (Å²) in [6.45, 7) is 6.12. The standard InChI is InChI=1S/C22H26N4O2/c1-15-7-9-19(10-8-15)25-16(2)13-18(17(25)3)14-23-26-20(27)22(24-21(26)28)11-5-4-6-12-22/h7-10,13-14H,4-6,11-12H2,1-3H3,(H,24,28)/b23-14+. The zero-order valence-corrected chi connectivity index (χ0v) is 16.7. The number of hydrazone groups is 1. The molecule has 6 heteroatoms. The van der Waals surface area contributed by atoms with E-state index in [4.69, 9.17) is 0 Å².